The van der Waals surface area contributed by atoms with Crippen LogP contribution < -0.4 is 11.5 Å². The van der Waals surface area contributed by atoms with Crippen LogP contribution in [0.25, 0.3) is 5.57 Å². The summed E-state index contributed by atoms with van der Waals surface area (Å²) in [6.07, 6.45) is 13.6. The van der Waals surface area contributed by atoms with E-state index in [9.17, 15) is 0 Å². The highest BCUT2D eigenvalue weighted by molar-refractivity contribution is 7.80. The number of aryl methyl sites for hydroxylation is 1. The third-order valence-electron chi connectivity index (χ3n) is 6.19. The average molecular weight is 558 g/mol. The quantitative estimate of drug-likeness (QED) is 0.200. The molecule has 37 heavy (non-hydrogen) atoms. The van der Waals surface area contributed by atoms with Crippen molar-refractivity contribution in [1.82, 2.24) is 0 Å². The fourth-order valence-corrected chi connectivity index (χ4v) is 4.97. The normalized spacial score (nSPS) is 17.7. The Balaban J connectivity index is 0.000000367. The van der Waals surface area contributed by atoms with Crippen molar-refractivity contribution < 1.29 is 0 Å². The minimum atomic E-state index is 0.440. The van der Waals surface area contributed by atoms with E-state index in [1.807, 2.05) is 18.3 Å². The Labute approximate surface area is 237 Å². The molecule has 0 unspecified atom stereocenters. The second-order valence-corrected chi connectivity index (χ2v) is 10.2. The van der Waals surface area contributed by atoms with Crippen molar-refractivity contribution in [2.45, 2.75) is 63.3 Å². The van der Waals surface area contributed by atoms with Crippen molar-refractivity contribution in [3.63, 3.8) is 0 Å². The van der Waals surface area contributed by atoms with Crippen molar-refractivity contribution in [1.29, 1.82) is 0 Å². The van der Waals surface area contributed by atoms with Crippen LogP contribution in [-0.4, -0.2) is 25.5 Å². The van der Waals surface area contributed by atoms with Gasteiger partial charge in [-0.1, -0.05) is 55.5 Å². The number of nitrogens with two attached hydrogens (primary N) is 2. The number of aliphatic imine (C=N–C) groups is 2. The summed E-state index contributed by atoms with van der Waals surface area (Å²) in [5.41, 5.74) is 18.2. The average Bonchev–Trinajstić information content (AvgIpc) is 2.90. The minimum Gasteiger partial charge on any atom is -0.399 e. The molecule has 2 aliphatic rings. The zero-order valence-electron chi connectivity index (χ0n) is 22.0. The molecular formula is C30H38Cl2N4S. The van der Waals surface area contributed by atoms with Gasteiger partial charge in [0, 0.05) is 27.4 Å². The lowest BCUT2D eigenvalue weighted by Crippen LogP contribution is -2.17. The van der Waals surface area contributed by atoms with Gasteiger partial charge >= 0.3 is 0 Å². The number of rotatable bonds is 4. The molecule has 0 atom stereocenters. The van der Waals surface area contributed by atoms with Crippen LogP contribution in [0.1, 0.15) is 56.6 Å². The number of benzene rings is 2. The molecule has 4 N–H and O–H groups in total. The molecule has 1 saturated carbocycles. The van der Waals surface area contributed by atoms with Crippen LogP contribution in [0.3, 0.4) is 0 Å². The fraction of sp³-hybridized carbons (Fsp3) is 0.333. The highest BCUT2D eigenvalue weighted by Gasteiger charge is 2.21. The van der Waals surface area contributed by atoms with Crippen molar-refractivity contribution >= 4 is 59.5 Å². The third kappa shape index (κ3) is 9.19. The van der Waals surface area contributed by atoms with Gasteiger partial charge in [-0.15, -0.1) is 12.6 Å². The molecule has 7 heteroatoms. The lowest BCUT2D eigenvalue weighted by molar-refractivity contribution is 0.443. The number of thiol groups is 1. The largest absolute Gasteiger partial charge is 0.399 e. The standard InChI is InChI=1S/C23H29N3.C6H4Cl2S.CH5N/c1-4-17-13-18(22-11-10-20(24)12-16(22)2)14-19(15-25-3)23(17)26-21-8-6-5-7-9-21;7-4-1-2-5(8)6(9)3-4;1-2/h10-15,21H,3-9,24H2,1-2H3;1-3,9H;2H2,1H3/b19-15-,26-23?;;. The highest BCUT2D eigenvalue weighted by Crippen LogP contribution is 2.32. The first-order valence-corrected chi connectivity index (χ1v) is 13.8. The lowest BCUT2D eigenvalue weighted by Gasteiger charge is -2.23. The van der Waals surface area contributed by atoms with E-state index in [4.69, 9.17) is 33.9 Å². The maximum Gasteiger partial charge on any atom is 0.0697 e. The van der Waals surface area contributed by atoms with Gasteiger partial charge in [-0.2, -0.15) is 0 Å². The molecule has 198 valence electrons. The fourth-order valence-electron chi connectivity index (χ4n) is 4.39. The molecule has 1 fully saturated rings. The molecule has 2 aromatic rings. The van der Waals surface area contributed by atoms with Crippen molar-refractivity contribution in [3.05, 3.63) is 87.1 Å². The number of hydrogen-bond donors (Lipinski definition) is 3. The van der Waals surface area contributed by atoms with Gasteiger partial charge in [0.2, 0.25) is 0 Å². The predicted octanol–water partition coefficient (Wildman–Crippen LogP) is 8.53. The zero-order chi connectivity index (χ0) is 27.4. The van der Waals surface area contributed by atoms with Gasteiger partial charge in [-0.25, -0.2) is 0 Å². The van der Waals surface area contributed by atoms with Crippen molar-refractivity contribution in [2.75, 3.05) is 12.8 Å². The molecule has 0 spiro atoms. The van der Waals surface area contributed by atoms with E-state index >= 15 is 0 Å². The van der Waals surface area contributed by atoms with Crippen molar-refractivity contribution in [2.24, 2.45) is 15.7 Å². The summed E-state index contributed by atoms with van der Waals surface area (Å²) in [4.78, 5) is 9.90. The van der Waals surface area contributed by atoms with Crippen LogP contribution in [0, 0.1) is 6.92 Å². The minimum absolute atomic E-state index is 0.440. The Morgan fingerprint density at radius 1 is 1.05 bits per heavy atom. The van der Waals surface area contributed by atoms with Crippen LogP contribution in [-0.2, 0) is 0 Å². The SMILES string of the molecule is C=N/C=C1/C=C(c2ccc(N)cc2C)C=C(CC)C1=NC1CCCCC1.CN.Sc1cc(Cl)ccc1Cl. The highest BCUT2D eigenvalue weighted by atomic mass is 35.5. The van der Waals surface area contributed by atoms with E-state index in [2.05, 4.69) is 62.1 Å². The molecular weight excluding hydrogens is 519 g/mol. The molecule has 0 bridgehead atoms. The summed E-state index contributed by atoms with van der Waals surface area (Å²) in [7, 11) is 1.50. The number of anilines is 1. The monoisotopic (exact) mass is 556 g/mol. The molecule has 0 amide bonds. The summed E-state index contributed by atoms with van der Waals surface area (Å²) in [6.45, 7) is 7.97. The number of hydrogen-bond acceptors (Lipinski definition) is 5. The molecule has 2 aromatic carbocycles. The summed E-state index contributed by atoms with van der Waals surface area (Å²) >= 11 is 15.3. The first kappa shape index (κ1) is 30.9. The molecule has 0 heterocycles. The number of halogens is 2. The Kier molecular flexibility index (Phi) is 13.2. The first-order chi connectivity index (χ1) is 17.8. The summed E-state index contributed by atoms with van der Waals surface area (Å²) in [5.74, 6) is 0. The second kappa shape index (κ2) is 15.8. The predicted molar refractivity (Wildman–Crippen MR) is 168 cm³/mol. The topological polar surface area (TPSA) is 76.8 Å². The number of nitrogens with zero attached hydrogens (tertiary/aromatic N) is 2. The van der Waals surface area contributed by atoms with E-state index in [0.717, 1.165) is 23.4 Å². The Bertz CT molecular complexity index is 1190. The number of allylic oxidation sites excluding steroid dienone is 5. The third-order valence-corrected chi connectivity index (χ3v) is 7.25. The van der Waals surface area contributed by atoms with Gasteiger partial charge in [0.1, 0.15) is 0 Å². The van der Waals surface area contributed by atoms with E-state index < -0.39 is 0 Å². The summed E-state index contributed by atoms with van der Waals surface area (Å²) < 4.78 is 0. The second-order valence-electron chi connectivity index (χ2n) is 8.83. The maximum atomic E-state index is 5.92. The van der Waals surface area contributed by atoms with Gasteiger partial charge in [0.05, 0.1) is 16.8 Å². The smallest absolute Gasteiger partial charge is 0.0697 e. The van der Waals surface area contributed by atoms with Gasteiger partial charge < -0.3 is 11.5 Å². The molecule has 0 saturated heterocycles. The van der Waals surface area contributed by atoms with Gasteiger partial charge in [0.25, 0.3) is 0 Å². The van der Waals surface area contributed by atoms with Gasteiger partial charge in [0.15, 0.2) is 0 Å². The lowest BCUT2D eigenvalue weighted by atomic mass is 9.86. The summed E-state index contributed by atoms with van der Waals surface area (Å²) in [6, 6.07) is 11.7. The number of nitrogen functional groups attached to an aromatic ring is 1. The molecule has 0 aliphatic heterocycles. The molecule has 4 nitrogen and oxygen atoms in total. The molecule has 4 rings (SSSR count). The van der Waals surface area contributed by atoms with Crippen LogP contribution in [0.5, 0.6) is 0 Å². The van der Waals surface area contributed by atoms with Gasteiger partial charge in [-0.05, 0) is 105 Å². The van der Waals surface area contributed by atoms with E-state index in [1.54, 1.807) is 18.2 Å². The first-order valence-electron chi connectivity index (χ1n) is 12.6. The Morgan fingerprint density at radius 3 is 2.32 bits per heavy atom. The molecule has 0 aromatic heterocycles. The van der Waals surface area contributed by atoms with Crippen molar-refractivity contribution in [3.8, 4) is 0 Å². The Morgan fingerprint density at radius 2 is 1.76 bits per heavy atom. The van der Waals surface area contributed by atoms with E-state index in [-0.39, 0.29) is 0 Å². The van der Waals surface area contributed by atoms with Crippen LogP contribution in [0.2, 0.25) is 10.0 Å². The van der Waals surface area contributed by atoms with Crippen LogP contribution >= 0.6 is 35.8 Å². The van der Waals surface area contributed by atoms with Gasteiger partial charge in [-0.3, -0.25) is 9.98 Å². The Hall–Kier alpha value is -2.31. The van der Waals surface area contributed by atoms with Crippen LogP contribution in [0.15, 0.2) is 80.8 Å². The van der Waals surface area contributed by atoms with E-state index in [0.29, 0.717) is 21.0 Å². The molecule has 2 aliphatic carbocycles. The zero-order valence-corrected chi connectivity index (χ0v) is 24.4. The summed E-state index contributed by atoms with van der Waals surface area (Å²) in [5, 5.41) is 1.28. The van der Waals surface area contributed by atoms with Crippen LogP contribution in [0.4, 0.5) is 5.69 Å². The molecule has 0 radical (unpaired) electrons. The van der Waals surface area contributed by atoms with E-state index in [1.165, 1.54) is 61.4 Å². The maximum absolute atomic E-state index is 5.92.